The van der Waals surface area contributed by atoms with Crippen molar-refractivity contribution in [2.75, 3.05) is 13.4 Å². The number of benzene rings is 1. The van der Waals surface area contributed by atoms with E-state index in [4.69, 9.17) is 9.57 Å². The SMILES string of the molecule is COc1c(Br)ccc(SC)c1C1C=C(C)NO1. The maximum Gasteiger partial charge on any atom is 0.140 e. The smallest absolute Gasteiger partial charge is 0.140 e. The zero-order valence-corrected chi connectivity index (χ0v) is 12.3. The monoisotopic (exact) mass is 315 g/mol. The molecule has 1 aliphatic heterocycles. The third-order valence-electron chi connectivity index (χ3n) is 2.56. The van der Waals surface area contributed by atoms with E-state index in [9.17, 15) is 0 Å². The first-order chi connectivity index (χ1) is 8.17. The molecule has 0 spiro atoms. The van der Waals surface area contributed by atoms with Gasteiger partial charge in [-0.1, -0.05) is 0 Å². The van der Waals surface area contributed by atoms with Crippen LogP contribution >= 0.6 is 27.7 Å². The molecule has 1 N–H and O–H groups in total. The molecule has 2 rings (SSSR count). The summed E-state index contributed by atoms with van der Waals surface area (Å²) in [6, 6.07) is 4.06. The summed E-state index contributed by atoms with van der Waals surface area (Å²) in [5, 5.41) is 0. The molecule has 0 amide bonds. The second kappa shape index (κ2) is 5.33. The van der Waals surface area contributed by atoms with E-state index in [0.29, 0.717) is 0 Å². The van der Waals surface area contributed by atoms with Crippen LogP contribution in [0.1, 0.15) is 18.6 Å². The van der Waals surface area contributed by atoms with Crippen LogP contribution < -0.4 is 10.2 Å². The first-order valence-corrected chi connectivity index (χ1v) is 7.19. The Morgan fingerprint density at radius 1 is 1.47 bits per heavy atom. The van der Waals surface area contributed by atoms with Crippen molar-refractivity contribution >= 4 is 27.7 Å². The lowest BCUT2D eigenvalue weighted by Crippen LogP contribution is -2.08. The number of allylic oxidation sites excluding steroid dienone is 1. The van der Waals surface area contributed by atoms with Crippen molar-refractivity contribution < 1.29 is 9.57 Å². The molecule has 0 fully saturated rings. The maximum atomic E-state index is 5.53. The lowest BCUT2D eigenvalue weighted by Gasteiger charge is -2.17. The average Bonchev–Trinajstić information content (AvgIpc) is 2.75. The Kier molecular flexibility index (Phi) is 4.01. The van der Waals surface area contributed by atoms with Gasteiger partial charge >= 0.3 is 0 Å². The van der Waals surface area contributed by atoms with Gasteiger partial charge in [-0.05, 0) is 47.3 Å². The maximum absolute atomic E-state index is 5.53. The van der Waals surface area contributed by atoms with E-state index in [1.807, 2.05) is 25.3 Å². The molecule has 0 saturated heterocycles. The second-order valence-electron chi connectivity index (χ2n) is 3.69. The van der Waals surface area contributed by atoms with Crippen LogP contribution in [0.2, 0.25) is 0 Å². The van der Waals surface area contributed by atoms with Gasteiger partial charge in [0.15, 0.2) is 0 Å². The molecule has 3 nitrogen and oxygen atoms in total. The molecule has 0 saturated carbocycles. The second-order valence-corrected chi connectivity index (χ2v) is 5.39. The van der Waals surface area contributed by atoms with Crippen LogP contribution in [0.25, 0.3) is 0 Å². The Balaban J connectivity index is 2.53. The molecular weight excluding hydrogens is 302 g/mol. The molecule has 0 radical (unpaired) electrons. The van der Waals surface area contributed by atoms with Gasteiger partial charge < -0.3 is 4.74 Å². The molecule has 1 heterocycles. The predicted octanol–water partition coefficient (Wildman–Crippen LogP) is 3.66. The van der Waals surface area contributed by atoms with Crippen molar-refractivity contribution in [3.05, 3.63) is 33.9 Å². The number of methoxy groups -OCH3 is 1. The standard InChI is InChI=1S/C12H14BrNO2S/c1-7-6-9(16-14-7)11-10(17-3)5-4-8(13)12(11)15-2/h4-6,9,14H,1-3H3. The minimum atomic E-state index is -0.107. The van der Waals surface area contributed by atoms with Gasteiger partial charge in [-0.25, -0.2) is 0 Å². The van der Waals surface area contributed by atoms with Crippen molar-refractivity contribution in [2.24, 2.45) is 0 Å². The van der Waals surface area contributed by atoms with E-state index in [2.05, 4.69) is 27.5 Å². The minimum absolute atomic E-state index is 0.107. The van der Waals surface area contributed by atoms with Crippen LogP contribution in [-0.4, -0.2) is 13.4 Å². The molecule has 1 aromatic carbocycles. The molecule has 1 atom stereocenters. The number of thioether (sulfide) groups is 1. The molecule has 17 heavy (non-hydrogen) atoms. The van der Waals surface area contributed by atoms with E-state index < -0.39 is 0 Å². The summed E-state index contributed by atoms with van der Waals surface area (Å²) in [6.45, 7) is 1.98. The third-order valence-corrected chi connectivity index (χ3v) is 3.99. The highest BCUT2D eigenvalue weighted by Crippen LogP contribution is 2.42. The van der Waals surface area contributed by atoms with Crippen LogP contribution in [0, 0.1) is 0 Å². The van der Waals surface area contributed by atoms with Crippen molar-refractivity contribution in [2.45, 2.75) is 17.9 Å². The fraction of sp³-hybridized carbons (Fsp3) is 0.333. The lowest BCUT2D eigenvalue weighted by atomic mass is 10.1. The Bertz CT molecular complexity index is 462. The third kappa shape index (κ3) is 2.46. The molecule has 5 heteroatoms. The van der Waals surface area contributed by atoms with Crippen LogP contribution in [0.4, 0.5) is 0 Å². The van der Waals surface area contributed by atoms with Gasteiger partial charge in [-0.15, -0.1) is 11.8 Å². The van der Waals surface area contributed by atoms with Gasteiger partial charge in [0.2, 0.25) is 0 Å². The fourth-order valence-corrected chi connectivity index (χ4v) is 2.94. The topological polar surface area (TPSA) is 30.5 Å². The summed E-state index contributed by atoms with van der Waals surface area (Å²) in [5.41, 5.74) is 4.94. The molecule has 1 aliphatic rings. The Labute approximate surface area is 114 Å². The molecular formula is C12H14BrNO2S. The first-order valence-electron chi connectivity index (χ1n) is 5.17. The Morgan fingerprint density at radius 3 is 2.76 bits per heavy atom. The van der Waals surface area contributed by atoms with Gasteiger partial charge in [0, 0.05) is 16.2 Å². The van der Waals surface area contributed by atoms with Crippen LogP contribution in [-0.2, 0) is 4.84 Å². The summed E-state index contributed by atoms with van der Waals surface area (Å²) in [6.07, 6.45) is 3.99. The fourth-order valence-electron chi connectivity index (χ4n) is 1.80. The quantitative estimate of drug-likeness (QED) is 0.862. The van der Waals surface area contributed by atoms with Crippen LogP contribution in [0.15, 0.2) is 33.3 Å². The predicted molar refractivity (Wildman–Crippen MR) is 73.2 cm³/mol. The van der Waals surface area contributed by atoms with E-state index in [1.54, 1.807) is 18.9 Å². The largest absolute Gasteiger partial charge is 0.495 e. The van der Waals surface area contributed by atoms with Crippen LogP contribution in [0.5, 0.6) is 5.75 Å². The average molecular weight is 316 g/mol. The number of rotatable bonds is 3. The highest BCUT2D eigenvalue weighted by Gasteiger charge is 2.24. The van der Waals surface area contributed by atoms with E-state index >= 15 is 0 Å². The van der Waals surface area contributed by atoms with Gasteiger partial charge in [-0.3, -0.25) is 10.3 Å². The summed E-state index contributed by atoms with van der Waals surface area (Å²) < 4.78 is 6.41. The van der Waals surface area contributed by atoms with Crippen molar-refractivity contribution in [1.29, 1.82) is 0 Å². The normalized spacial score (nSPS) is 18.8. The Morgan fingerprint density at radius 2 is 2.24 bits per heavy atom. The van der Waals surface area contributed by atoms with E-state index in [-0.39, 0.29) is 6.10 Å². The summed E-state index contributed by atoms with van der Waals surface area (Å²) in [5.74, 6) is 0.828. The zero-order valence-electron chi connectivity index (χ0n) is 9.91. The highest BCUT2D eigenvalue weighted by atomic mass is 79.9. The van der Waals surface area contributed by atoms with E-state index in [0.717, 1.165) is 26.4 Å². The first kappa shape index (κ1) is 12.8. The van der Waals surface area contributed by atoms with Crippen molar-refractivity contribution in [3.63, 3.8) is 0 Å². The van der Waals surface area contributed by atoms with E-state index in [1.165, 1.54) is 0 Å². The number of hydrogen-bond donors (Lipinski definition) is 1. The molecule has 1 aromatic rings. The summed E-state index contributed by atoms with van der Waals surface area (Å²) in [7, 11) is 1.67. The molecule has 0 aliphatic carbocycles. The van der Waals surface area contributed by atoms with Gasteiger partial charge in [0.05, 0.1) is 11.6 Å². The number of halogens is 1. The zero-order chi connectivity index (χ0) is 12.4. The lowest BCUT2D eigenvalue weighted by molar-refractivity contribution is 0.0393. The molecule has 0 aromatic heterocycles. The highest BCUT2D eigenvalue weighted by molar-refractivity contribution is 9.10. The van der Waals surface area contributed by atoms with Crippen LogP contribution in [0.3, 0.4) is 0 Å². The molecule has 1 unspecified atom stereocenters. The van der Waals surface area contributed by atoms with Crippen molar-refractivity contribution in [3.8, 4) is 5.75 Å². The van der Waals surface area contributed by atoms with Gasteiger partial charge in [0.1, 0.15) is 11.9 Å². The number of nitrogens with one attached hydrogen (secondary N) is 1. The number of hydroxylamine groups is 1. The number of ether oxygens (including phenoxy) is 1. The van der Waals surface area contributed by atoms with Gasteiger partial charge in [0.25, 0.3) is 0 Å². The summed E-state index contributed by atoms with van der Waals surface area (Å²) >= 11 is 5.19. The molecule has 92 valence electrons. The summed E-state index contributed by atoms with van der Waals surface area (Å²) in [4.78, 5) is 6.69. The minimum Gasteiger partial charge on any atom is -0.495 e. The Hall–Kier alpha value is -0.650. The molecule has 0 bridgehead atoms. The number of hydrogen-bond acceptors (Lipinski definition) is 4. The van der Waals surface area contributed by atoms with Gasteiger partial charge in [-0.2, -0.15) is 0 Å². The van der Waals surface area contributed by atoms with Crippen molar-refractivity contribution in [1.82, 2.24) is 5.48 Å².